The number of hydrogen-bond acceptors (Lipinski definition) is 4. The van der Waals surface area contributed by atoms with E-state index in [1.165, 1.54) is 42.1 Å². The van der Waals surface area contributed by atoms with Crippen molar-refractivity contribution in [3.8, 4) is 51.0 Å². The van der Waals surface area contributed by atoms with Gasteiger partial charge < -0.3 is 4.57 Å². The zero-order valence-electron chi connectivity index (χ0n) is 26.9. The molecule has 0 aliphatic carbocycles. The standard InChI is InChI=1S/C45H28N4S/c1-3-12-29(13-4-1)43-46-44(30-14-5-2-6-15-30)48-45(47-43)33-22-24-36-35-18-7-9-20-39(35)49(40(36)28-33)34-17-11-16-31(26-34)32-23-25-42-38(27-32)37-19-8-10-21-41(37)50-42/h1-28H. The molecule has 3 heterocycles. The van der Waals surface area contributed by atoms with Crippen LogP contribution in [0.2, 0.25) is 0 Å². The van der Waals surface area contributed by atoms with Gasteiger partial charge in [0.2, 0.25) is 0 Å². The Bertz CT molecular complexity index is 2810. The van der Waals surface area contributed by atoms with Gasteiger partial charge in [-0.15, -0.1) is 11.3 Å². The van der Waals surface area contributed by atoms with Gasteiger partial charge in [-0.1, -0.05) is 127 Å². The minimum Gasteiger partial charge on any atom is -0.309 e. The molecule has 10 aromatic rings. The van der Waals surface area contributed by atoms with E-state index in [1.807, 2.05) is 72.0 Å². The smallest absolute Gasteiger partial charge is 0.164 e. The zero-order chi connectivity index (χ0) is 33.0. The lowest BCUT2D eigenvalue weighted by atomic mass is 10.0. The molecule has 0 saturated carbocycles. The molecule has 0 radical (unpaired) electrons. The molecule has 7 aromatic carbocycles. The van der Waals surface area contributed by atoms with Crippen LogP contribution in [0.4, 0.5) is 0 Å². The monoisotopic (exact) mass is 656 g/mol. The van der Waals surface area contributed by atoms with Gasteiger partial charge in [0.15, 0.2) is 17.5 Å². The van der Waals surface area contributed by atoms with Crippen molar-refractivity contribution in [2.45, 2.75) is 0 Å². The van der Waals surface area contributed by atoms with E-state index in [1.54, 1.807) is 0 Å². The topological polar surface area (TPSA) is 43.6 Å². The van der Waals surface area contributed by atoms with Crippen LogP contribution in [0, 0.1) is 0 Å². The first-order valence-electron chi connectivity index (χ1n) is 16.7. The van der Waals surface area contributed by atoms with Gasteiger partial charge in [0.05, 0.1) is 11.0 Å². The molecule has 4 nitrogen and oxygen atoms in total. The minimum atomic E-state index is 0.640. The van der Waals surface area contributed by atoms with E-state index in [-0.39, 0.29) is 0 Å². The number of para-hydroxylation sites is 1. The molecule has 0 atom stereocenters. The fourth-order valence-corrected chi connectivity index (χ4v) is 8.14. The fraction of sp³-hybridized carbons (Fsp3) is 0. The molecule has 0 bridgehead atoms. The maximum Gasteiger partial charge on any atom is 0.164 e. The summed E-state index contributed by atoms with van der Waals surface area (Å²) >= 11 is 1.85. The molecule has 50 heavy (non-hydrogen) atoms. The summed E-state index contributed by atoms with van der Waals surface area (Å²) in [4.78, 5) is 15.0. The zero-order valence-corrected chi connectivity index (χ0v) is 27.7. The average molecular weight is 657 g/mol. The molecule has 234 valence electrons. The normalized spacial score (nSPS) is 11.6. The number of hydrogen-bond donors (Lipinski definition) is 0. The molecule has 0 spiro atoms. The summed E-state index contributed by atoms with van der Waals surface area (Å²) in [6.45, 7) is 0. The summed E-state index contributed by atoms with van der Waals surface area (Å²) < 4.78 is 5.00. The number of benzene rings is 7. The summed E-state index contributed by atoms with van der Waals surface area (Å²) in [5.74, 6) is 1.94. The number of rotatable bonds is 5. The molecular formula is C45H28N4S. The lowest BCUT2D eigenvalue weighted by Gasteiger charge is -2.12. The molecule has 0 aliphatic heterocycles. The highest BCUT2D eigenvalue weighted by Crippen LogP contribution is 2.38. The summed E-state index contributed by atoms with van der Waals surface area (Å²) in [7, 11) is 0. The Morgan fingerprint density at radius 3 is 1.66 bits per heavy atom. The van der Waals surface area contributed by atoms with Gasteiger partial charge in [-0.3, -0.25) is 0 Å². The highest BCUT2D eigenvalue weighted by Gasteiger charge is 2.17. The maximum absolute atomic E-state index is 5.03. The van der Waals surface area contributed by atoms with Crippen LogP contribution < -0.4 is 0 Å². The van der Waals surface area contributed by atoms with Gasteiger partial charge in [-0.2, -0.15) is 0 Å². The van der Waals surface area contributed by atoms with E-state index in [2.05, 4.69) is 114 Å². The van der Waals surface area contributed by atoms with Crippen LogP contribution in [-0.4, -0.2) is 19.5 Å². The number of fused-ring (bicyclic) bond motifs is 6. The van der Waals surface area contributed by atoms with Gasteiger partial charge in [-0.25, -0.2) is 15.0 Å². The SMILES string of the molecule is c1ccc(-c2nc(-c3ccccc3)nc(-c3ccc4c5ccccc5n(-c5cccc(-c6ccc7sc8ccccc8c7c6)c5)c4c3)n2)cc1. The molecular weight excluding hydrogens is 629 g/mol. The summed E-state index contributed by atoms with van der Waals surface area (Å²) in [6, 6.07) is 59.8. The quantitative estimate of drug-likeness (QED) is 0.185. The Morgan fingerprint density at radius 2 is 0.900 bits per heavy atom. The van der Waals surface area contributed by atoms with Crippen molar-refractivity contribution in [2.24, 2.45) is 0 Å². The highest BCUT2D eigenvalue weighted by molar-refractivity contribution is 7.25. The molecule has 5 heteroatoms. The van der Waals surface area contributed by atoms with Crippen molar-refractivity contribution < 1.29 is 0 Å². The third-order valence-electron chi connectivity index (χ3n) is 9.45. The van der Waals surface area contributed by atoms with Crippen molar-refractivity contribution >= 4 is 53.3 Å². The molecule has 0 unspecified atom stereocenters. The van der Waals surface area contributed by atoms with Crippen LogP contribution in [0.1, 0.15) is 0 Å². The summed E-state index contributed by atoms with van der Waals surface area (Å²) in [5.41, 5.74) is 8.58. The van der Waals surface area contributed by atoms with Crippen molar-refractivity contribution in [1.29, 1.82) is 0 Å². The van der Waals surface area contributed by atoms with Crippen LogP contribution in [0.15, 0.2) is 170 Å². The second-order valence-electron chi connectivity index (χ2n) is 12.5. The van der Waals surface area contributed by atoms with Crippen LogP contribution >= 0.6 is 11.3 Å². The highest BCUT2D eigenvalue weighted by atomic mass is 32.1. The fourth-order valence-electron chi connectivity index (χ4n) is 7.06. The molecule has 0 fully saturated rings. The average Bonchev–Trinajstić information content (AvgIpc) is 3.73. The van der Waals surface area contributed by atoms with E-state index in [0.29, 0.717) is 17.5 Å². The van der Waals surface area contributed by atoms with Crippen molar-refractivity contribution in [3.63, 3.8) is 0 Å². The largest absolute Gasteiger partial charge is 0.309 e. The third-order valence-corrected chi connectivity index (χ3v) is 10.6. The Labute approximate surface area is 292 Å². The number of thiophene rings is 1. The molecule has 10 rings (SSSR count). The summed E-state index contributed by atoms with van der Waals surface area (Å²) in [5, 5.41) is 5.00. The van der Waals surface area contributed by atoms with Crippen LogP contribution in [0.25, 0.3) is 93.0 Å². The summed E-state index contributed by atoms with van der Waals surface area (Å²) in [6.07, 6.45) is 0. The van der Waals surface area contributed by atoms with Crippen LogP contribution in [-0.2, 0) is 0 Å². The first kappa shape index (κ1) is 28.6. The maximum atomic E-state index is 5.03. The second-order valence-corrected chi connectivity index (χ2v) is 13.6. The van der Waals surface area contributed by atoms with Crippen LogP contribution in [0.5, 0.6) is 0 Å². The van der Waals surface area contributed by atoms with E-state index in [9.17, 15) is 0 Å². The Morgan fingerprint density at radius 1 is 0.340 bits per heavy atom. The lowest BCUT2D eigenvalue weighted by molar-refractivity contribution is 1.07. The van der Waals surface area contributed by atoms with E-state index >= 15 is 0 Å². The van der Waals surface area contributed by atoms with E-state index in [4.69, 9.17) is 15.0 Å². The van der Waals surface area contributed by atoms with Gasteiger partial charge in [0.25, 0.3) is 0 Å². The van der Waals surface area contributed by atoms with Crippen molar-refractivity contribution in [2.75, 3.05) is 0 Å². The second kappa shape index (κ2) is 11.6. The Hall–Kier alpha value is -6.43. The van der Waals surface area contributed by atoms with Gasteiger partial charge >= 0.3 is 0 Å². The molecule has 0 aliphatic rings. The Balaban J connectivity index is 1.15. The first-order valence-corrected chi connectivity index (χ1v) is 17.5. The van der Waals surface area contributed by atoms with Gasteiger partial charge in [-0.05, 0) is 53.6 Å². The van der Waals surface area contributed by atoms with Gasteiger partial charge in [0, 0.05) is 53.3 Å². The number of aromatic nitrogens is 4. The minimum absolute atomic E-state index is 0.640. The third kappa shape index (κ3) is 4.79. The lowest BCUT2D eigenvalue weighted by Crippen LogP contribution is -2.00. The van der Waals surface area contributed by atoms with E-state index < -0.39 is 0 Å². The van der Waals surface area contributed by atoms with E-state index in [0.717, 1.165) is 33.4 Å². The molecule has 0 saturated heterocycles. The molecule has 3 aromatic heterocycles. The van der Waals surface area contributed by atoms with Crippen molar-refractivity contribution in [1.82, 2.24) is 19.5 Å². The first-order chi connectivity index (χ1) is 24.8. The predicted molar refractivity (Wildman–Crippen MR) is 209 cm³/mol. The Kier molecular flexibility index (Phi) is 6.64. The molecule has 0 N–H and O–H groups in total. The van der Waals surface area contributed by atoms with Gasteiger partial charge in [0.1, 0.15) is 0 Å². The van der Waals surface area contributed by atoms with Crippen molar-refractivity contribution in [3.05, 3.63) is 170 Å². The number of nitrogens with zero attached hydrogens (tertiary/aromatic N) is 4. The predicted octanol–water partition coefficient (Wildman–Crippen LogP) is 12.0. The van der Waals surface area contributed by atoms with Crippen LogP contribution in [0.3, 0.4) is 0 Å². The molecule has 0 amide bonds.